The zero-order valence-electron chi connectivity index (χ0n) is 16.3. The number of benzene rings is 2. The smallest absolute Gasteiger partial charge is 0.230 e. The standard InChI is InChI=1S/C22H21N5O2S/c28-19(23-13-16-9-6-12-29-16)14-30-22-26-25-21-17-10-4-5-11-18(17)24-20(27(21)22)15-7-2-1-3-8-15/h1-5,7-8,10-11,16H,6,9,12-14H2,(H,23,28)/t16-/m0/s1. The Morgan fingerprint density at radius 2 is 1.97 bits per heavy atom. The Morgan fingerprint density at radius 3 is 2.80 bits per heavy atom. The second-order valence-corrected chi connectivity index (χ2v) is 8.13. The Balaban J connectivity index is 1.45. The topological polar surface area (TPSA) is 81.4 Å². The van der Waals surface area contributed by atoms with Gasteiger partial charge in [0.05, 0.1) is 17.4 Å². The zero-order valence-corrected chi connectivity index (χ0v) is 17.1. The van der Waals surface area contributed by atoms with Crippen molar-refractivity contribution in [3.8, 4) is 11.4 Å². The first-order chi connectivity index (χ1) is 14.8. The number of aromatic nitrogens is 4. The number of ether oxygens (including phenoxy) is 1. The lowest BCUT2D eigenvalue weighted by Crippen LogP contribution is -2.32. The van der Waals surface area contributed by atoms with Gasteiger partial charge in [-0.3, -0.25) is 9.20 Å². The van der Waals surface area contributed by atoms with E-state index in [1.165, 1.54) is 11.8 Å². The third-order valence-corrected chi connectivity index (χ3v) is 6.06. The van der Waals surface area contributed by atoms with Crippen LogP contribution in [0.1, 0.15) is 12.8 Å². The number of thioether (sulfide) groups is 1. The van der Waals surface area contributed by atoms with Gasteiger partial charge in [-0.05, 0) is 25.0 Å². The summed E-state index contributed by atoms with van der Waals surface area (Å²) >= 11 is 1.36. The van der Waals surface area contributed by atoms with Crippen LogP contribution in [0.5, 0.6) is 0 Å². The van der Waals surface area contributed by atoms with E-state index in [1.54, 1.807) is 0 Å². The highest BCUT2D eigenvalue weighted by molar-refractivity contribution is 7.99. The van der Waals surface area contributed by atoms with Gasteiger partial charge in [-0.25, -0.2) is 4.98 Å². The number of para-hydroxylation sites is 1. The predicted molar refractivity (Wildman–Crippen MR) is 116 cm³/mol. The molecule has 1 aliphatic heterocycles. The zero-order chi connectivity index (χ0) is 20.3. The molecule has 1 saturated heterocycles. The van der Waals surface area contributed by atoms with E-state index in [2.05, 4.69) is 15.5 Å². The van der Waals surface area contributed by atoms with Gasteiger partial charge in [0.1, 0.15) is 5.82 Å². The summed E-state index contributed by atoms with van der Waals surface area (Å²) in [6.07, 6.45) is 2.19. The van der Waals surface area contributed by atoms with Gasteiger partial charge in [0.15, 0.2) is 10.8 Å². The molecule has 5 rings (SSSR count). The third kappa shape index (κ3) is 3.76. The molecule has 2 aromatic carbocycles. The molecule has 0 saturated carbocycles. The SMILES string of the molecule is O=C(CSc1nnc2c3ccccc3nc(-c3ccccc3)n12)NC[C@@H]1CCCO1. The molecule has 0 bridgehead atoms. The van der Waals surface area contributed by atoms with E-state index in [0.29, 0.717) is 11.7 Å². The number of nitrogens with one attached hydrogen (secondary N) is 1. The summed E-state index contributed by atoms with van der Waals surface area (Å²) in [5, 5.41) is 13.3. The molecular weight excluding hydrogens is 398 g/mol. The minimum absolute atomic E-state index is 0.0396. The monoisotopic (exact) mass is 419 g/mol. The number of hydrogen-bond acceptors (Lipinski definition) is 6. The minimum Gasteiger partial charge on any atom is -0.376 e. The van der Waals surface area contributed by atoms with Gasteiger partial charge < -0.3 is 10.1 Å². The van der Waals surface area contributed by atoms with Crippen molar-refractivity contribution in [3.05, 3.63) is 54.6 Å². The largest absolute Gasteiger partial charge is 0.376 e. The second-order valence-electron chi connectivity index (χ2n) is 7.19. The first-order valence-electron chi connectivity index (χ1n) is 10.00. The Hall–Kier alpha value is -2.97. The Bertz CT molecular complexity index is 1190. The third-order valence-electron chi connectivity index (χ3n) is 5.13. The molecular formula is C22H21N5O2S. The van der Waals surface area contributed by atoms with Crippen molar-refractivity contribution in [2.24, 2.45) is 0 Å². The van der Waals surface area contributed by atoms with E-state index >= 15 is 0 Å². The summed E-state index contributed by atoms with van der Waals surface area (Å²) in [5.41, 5.74) is 2.57. The lowest BCUT2D eigenvalue weighted by molar-refractivity contribution is -0.119. The number of rotatable bonds is 6. The van der Waals surface area contributed by atoms with Gasteiger partial charge in [0.25, 0.3) is 0 Å². The maximum atomic E-state index is 12.3. The van der Waals surface area contributed by atoms with Gasteiger partial charge in [0.2, 0.25) is 5.91 Å². The van der Waals surface area contributed by atoms with Crippen LogP contribution in [-0.4, -0.2) is 50.5 Å². The first kappa shape index (κ1) is 19.0. The number of fused-ring (bicyclic) bond motifs is 3. The average Bonchev–Trinajstić information content (AvgIpc) is 3.46. The summed E-state index contributed by atoms with van der Waals surface area (Å²) in [5.74, 6) is 0.980. The van der Waals surface area contributed by atoms with Gasteiger partial charge >= 0.3 is 0 Å². The summed E-state index contributed by atoms with van der Waals surface area (Å²) in [7, 11) is 0. The van der Waals surface area contributed by atoms with Crippen molar-refractivity contribution in [1.29, 1.82) is 0 Å². The molecule has 0 unspecified atom stereocenters. The van der Waals surface area contributed by atoms with Crippen molar-refractivity contribution in [3.63, 3.8) is 0 Å². The highest BCUT2D eigenvalue weighted by Gasteiger charge is 2.19. The number of carbonyl (C=O) groups excluding carboxylic acids is 1. The lowest BCUT2D eigenvalue weighted by atomic mass is 10.2. The molecule has 1 fully saturated rings. The average molecular weight is 420 g/mol. The van der Waals surface area contributed by atoms with E-state index in [-0.39, 0.29) is 17.8 Å². The van der Waals surface area contributed by atoms with Crippen LogP contribution in [0.15, 0.2) is 59.8 Å². The summed E-state index contributed by atoms with van der Waals surface area (Å²) in [6.45, 7) is 1.34. The van der Waals surface area contributed by atoms with Crippen molar-refractivity contribution < 1.29 is 9.53 Å². The van der Waals surface area contributed by atoms with E-state index in [9.17, 15) is 4.79 Å². The lowest BCUT2D eigenvalue weighted by Gasteiger charge is -2.11. The molecule has 7 nitrogen and oxygen atoms in total. The van der Waals surface area contributed by atoms with Crippen LogP contribution in [0.4, 0.5) is 0 Å². The molecule has 2 aromatic heterocycles. The molecule has 30 heavy (non-hydrogen) atoms. The minimum atomic E-state index is -0.0396. The fourth-order valence-electron chi connectivity index (χ4n) is 3.65. The number of hydrogen-bond donors (Lipinski definition) is 1. The molecule has 3 heterocycles. The van der Waals surface area contributed by atoms with Crippen LogP contribution in [0.2, 0.25) is 0 Å². The summed E-state index contributed by atoms with van der Waals surface area (Å²) < 4.78 is 7.50. The molecule has 0 aliphatic carbocycles. The van der Waals surface area contributed by atoms with Gasteiger partial charge in [-0.15, -0.1) is 10.2 Å². The number of nitrogens with zero attached hydrogens (tertiary/aromatic N) is 4. The molecule has 152 valence electrons. The highest BCUT2D eigenvalue weighted by Crippen LogP contribution is 2.28. The highest BCUT2D eigenvalue weighted by atomic mass is 32.2. The van der Waals surface area contributed by atoms with E-state index in [1.807, 2.05) is 59.0 Å². The van der Waals surface area contributed by atoms with Crippen LogP contribution in [0, 0.1) is 0 Å². The molecule has 1 aliphatic rings. The Morgan fingerprint density at radius 1 is 1.13 bits per heavy atom. The molecule has 1 atom stereocenters. The van der Waals surface area contributed by atoms with Crippen molar-refractivity contribution in [2.45, 2.75) is 24.1 Å². The summed E-state index contributed by atoms with van der Waals surface area (Å²) in [6, 6.07) is 17.9. The van der Waals surface area contributed by atoms with Crippen LogP contribution in [0.3, 0.4) is 0 Å². The van der Waals surface area contributed by atoms with Crippen LogP contribution >= 0.6 is 11.8 Å². The van der Waals surface area contributed by atoms with E-state index < -0.39 is 0 Å². The fourth-order valence-corrected chi connectivity index (χ4v) is 4.41. The van der Waals surface area contributed by atoms with Crippen LogP contribution in [0.25, 0.3) is 27.9 Å². The van der Waals surface area contributed by atoms with E-state index in [0.717, 1.165) is 47.4 Å². The van der Waals surface area contributed by atoms with Gasteiger partial charge in [0, 0.05) is 24.1 Å². The number of amides is 1. The first-order valence-corrected chi connectivity index (χ1v) is 11.0. The van der Waals surface area contributed by atoms with Gasteiger partial charge in [-0.2, -0.15) is 0 Å². The maximum Gasteiger partial charge on any atom is 0.230 e. The molecule has 0 radical (unpaired) electrons. The molecule has 1 N–H and O–H groups in total. The normalized spacial score (nSPS) is 16.3. The number of carbonyl (C=O) groups is 1. The quantitative estimate of drug-likeness (QED) is 0.483. The fraction of sp³-hybridized carbons (Fsp3) is 0.273. The Kier molecular flexibility index (Phi) is 5.33. The van der Waals surface area contributed by atoms with Crippen LogP contribution < -0.4 is 5.32 Å². The summed E-state index contributed by atoms with van der Waals surface area (Å²) in [4.78, 5) is 17.2. The van der Waals surface area contributed by atoms with Gasteiger partial charge in [-0.1, -0.05) is 54.2 Å². The molecule has 1 amide bonds. The predicted octanol–water partition coefficient (Wildman–Crippen LogP) is 3.33. The maximum absolute atomic E-state index is 12.3. The van der Waals surface area contributed by atoms with Crippen LogP contribution in [-0.2, 0) is 9.53 Å². The molecule has 0 spiro atoms. The second kappa shape index (κ2) is 8.41. The molecule has 4 aromatic rings. The molecule has 8 heteroatoms. The van der Waals surface area contributed by atoms with Crippen molar-refractivity contribution in [2.75, 3.05) is 18.9 Å². The van der Waals surface area contributed by atoms with Crippen molar-refractivity contribution in [1.82, 2.24) is 24.9 Å². The van der Waals surface area contributed by atoms with E-state index in [4.69, 9.17) is 9.72 Å². The Labute approximate surface area is 177 Å². The van der Waals surface area contributed by atoms with Crippen molar-refractivity contribution >= 4 is 34.2 Å².